The minimum Gasteiger partial charge on any atom is -0.240 e. The lowest BCUT2D eigenvalue weighted by Gasteiger charge is -1.98. The van der Waals surface area contributed by atoms with E-state index in [-0.39, 0.29) is 0 Å². The lowest BCUT2D eigenvalue weighted by molar-refractivity contribution is 0.869. The summed E-state index contributed by atoms with van der Waals surface area (Å²) in [6, 6.07) is 12.0. The normalized spacial score (nSPS) is 10.1. The number of hydrogen-bond acceptors (Lipinski definition) is 1. The van der Waals surface area contributed by atoms with Gasteiger partial charge < -0.3 is 0 Å². The Bertz CT molecular complexity index is 367. The van der Waals surface area contributed by atoms with Gasteiger partial charge in [-0.2, -0.15) is 5.10 Å². The summed E-state index contributed by atoms with van der Waals surface area (Å²) < 4.78 is 2.87. The van der Waals surface area contributed by atoms with E-state index in [1.165, 1.54) is 0 Å². The molecule has 60 valence electrons. The summed E-state index contributed by atoms with van der Waals surface area (Å²) in [5.74, 6) is 0. The van der Waals surface area contributed by atoms with Crippen molar-refractivity contribution in [3.8, 4) is 5.69 Å². The van der Waals surface area contributed by atoms with Crippen LogP contribution in [0.15, 0.2) is 42.6 Å². The van der Waals surface area contributed by atoms with Crippen molar-refractivity contribution < 1.29 is 0 Å². The van der Waals surface area contributed by atoms with Crippen LogP contribution >= 0.6 is 22.6 Å². The second-order valence-corrected chi connectivity index (χ2v) is 3.52. The molecule has 0 bridgehead atoms. The molecule has 0 saturated carbocycles. The number of hydrogen-bond donors (Lipinski definition) is 0. The highest BCUT2D eigenvalue weighted by atomic mass is 127. The maximum absolute atomic E-state index is 4.28. The van der Waals surface area contributed by atoms with Crippen LogP contribution in [0.25, 0.3) is 5.69 Å². The van der Waals surface area contributed by atoms with Crippen molar-refractivity contribution in [1.82, 2.24) is 9.78 Å². The monoisotopic (exact) mass is 270 g/mol. The quantitative estimate of drug-likeness (QED) is 0.728. The predicted molar refractivity (Wildman–Crippen MR) is 56.3 cm³/mol. The summed E-state index contributed by atoms with van der Waals surface area (Å²) in [6.07, 6.45) is 1.96. The zero-order chi connectivity index (χ0) is 8.39. The number of para-hydroxylation sites is 1. The molecular formula is C9H7IN2. The molecule has 0 N–H and O–H groups in total. The first-order valence-corrected chi connectivity index (χ1v) is 4.71. The summed E-state index contributed by atoms with van der Waals surface area (Å²) >= 11 is 2.20. The molecule has 0 atom stereocenters. The van der Waals surface area contributed by atoms with Crippen LogP contribution in [-0.4, -0.2) is 9.78 Å². The molecule has 2 aromatic rings. The highest BCUT2D eigenvalue weighted by molar-refractivity contribution is 14.1. The zero-order valence-electron chi connectivity index (χ0n) is 6.31. The molecule has 3 heteroatoms. The highest BCUT2D eigenvalue weighted by Gasteiger charge is 1.95. The van der Waals surface area contributed by atoms with Crippen molar-refractivity contribution in [2.45, 2.75) is 0 Å². The van der Waals surface area contributed by atoms with Gasteiger partial charge in [-0.05, 0) is 40.8 Å². The van der Waals surface area contributed by atoms with E-state index in [1.54, 1.807) is 0 Å². The lowest BCUT2D eigenvalue weighted by Crippen LogP contribution is -1.93. The van der Waals surface area contributed by atoms with Gasteiger partial charge in [-0.25, -0.2) is 4.68 Å². The van der Waals surface area contributed by atoms with Gasteiger partial charge in [0.15, 0.2) is 0 Å². The fourth-order valence-corrected chi connectivity index (χ4v) is 1.42. The number of benzene rings is 1. The van der Waals surface area contributed by atoms with Crippen LogP contribution in [0, 0.1) is 3.70 Å². The maximum Gasteiger partial charge on any atom is 0.123 e. The Morgan fingerprint density at radius 3 is 2.42 bits per heavy atom. The van der Waals surface area contributed by atoms with Crippen molar-refractivity contribution in [3.05, 3.63) is 46.3 Å². The summed E-state index contributed by atoms with van der Waals surface area (Å²) in [6.45, 7) is 0. The minimum absolute atomic E-state index is 1.01. The Morgan fingerprint density at radius 2 is 1.83 bits per heavy atom. The Balaban J connectivity index is 2.45. The Kier molecular flexibility index (Phi) is 2.12. The third-order valence-corrected chi connectivity index (χ3v) is 2.15. The summed E-state index contributed by atoms with van der Waals surface area (Å²) in [5.41, 5.74) is 1.10. The molecule has 1 heterocycles. The number of aromatic nitrogens is 2. The molecule has 0 fully saturated rings. The highest BCUT2D eigenvalue weighted by Crippen LogP contribution is 2.07. The van der Waals surface area contributed by atoms with Crippen molar-refractivity contribution in [3.63, 3.8) is 0 Å². The van der Waals surface area contributed by atoms with Gasteiger partial charge >= 0.3 is 0 Å². The molecule has 2 nitrogen and oxygen atoms in total. The van der Waals surface area contributed by atoms with Gasteiger partial charge in [0, 0.05) is 6.20 Å². The maximum atomic E-state index is 4.28. The molecular weight excluding hydrogens is 263 g/mol. The van der Waals surface area contributed by atoms with Gasteiger partial charge in [-0.15, -0.1) is 0 Å². The van der Waals surface area contributed by atoms with Crippen LogP contribution in [0.1, 0.15) is 0 Å². The minimum atomic E-state index is 1.01. The molecule has 0 saturated heterocycles. The van der Waals surface area contributed by atoms with Gasteiger partial charge in [0.05, 0.1) is 5.69 Å². The molecule has 2 rings (SSSR count). The van der Waals surface area contributed by atoms with Crippen LogP contribution in [0.5, 0.6) is 0 Å². The van der Waals surface area contributed by atoms with Gasteiger partial charge in [0.25, 0.3) is 0 Å². The van der Waals surface area contributed by atoms with Crippen LogP contribution in [0.3, 0.4) is 0 Å². The molecule has 12 heavy (non-hydrogen) atoms. The average Bonchev–Trinajstić information content (AvgIpc) is 2.54. The zero-order valence-corrected chi connectivity index (χ0v) is 8.47. The molecule has 0 aliphatic carbocycles. The first-order chi connectivity index (χ1) is 5.86. The Labute approximate surface area is 84.4 Å². The van der Waals surface area contributed by atoms with E-state index in [2.05, 4.69) is 27.7 Å². The van der Waals surface area contributed by atoms with Gasteiger partial charge in [0.1, 0.15) is 3.70 Å². The fourth-order valence-electron chi connectivity index (χ4n) is 1.03. The second-order valence-electron chi connectivity index (χ2n) is 2.42. The molecule has 0 unspecified atom stereocenters. The second kappa shape index (κ2) is 3.26. The average molecular weight is 270 g/mol. The summed E-state index contributed by atoms with van der Waals surface area (Å²) in [4.78, 5) is 0. The van der Waals surface area contributed by atoms with E-state index in [0.29, 0.717) is 0 Å². The van der Waals surface area contributed by atoms with Crippen molar-refractivity contribution in [1.29, 1.82) is 0 Å². The largest absolute Gasteiger partial charge is 0.240 e. The van der Waals surface area contributed by atoms with E-state index in [0.717, 1.165) is 9.39 Å². The van der Waals surface area contributed by atoms with E-state index < -0.39 is 0 Å². The van der Waals surface area contributed by atoms with E-state index in [9.17, 15) is 0 Å². The standard InChI is InChI=1S/C9H7IN2/c10-9-6-7-12(11-9)8-4-2-1-3-5-8/h1-7H. The molecule has 1 aromatic heterocycles. The van der Waals surface area contributed by atoms with Crippen LogP contribution in [0.2, 0.25) is 0 Å². The van der Waals surface area contributed by atoms with E-state index in [4.69, 9.17) is 0 Å². The van der Waals surface area contributed by atoms with Gasteiger partial charge in [-0.1, -0.05) is 18.2 Å². The van der Waals surface area contributed by atoms with Crippen molar-refractivity contribution in [2.75, 3.05) is 0 Å². The predicted octanol–water partition coefficient (Wildman–Crippen LogP) is 2.48. The number of rotatable bonds is 1. The van der Waals surface area contributed by atoms with E-state index in [1.807, 2.05) is 47.3 Å². The van der Waals surface area contributed by atoms with Gasteiger partial charge in [-0.3, -0.25) is 0 Å². The van der Waals surface area contributed by atoms with Crippen molar-refractivity contribution in [2.24, 2.45) is 0 Å². The summed E-state index contributed by atoms with van der Waals surface area (Å²) in [5, 5.41) is 4.28. The smallest absolute Gasteiger partial charge is 0.123 e. The first kappa shape index (κ1) is 7.79. The molecule has 0 amide bonds. The van der Waals surface area contributed by atoms with Crippen LogP contribution in [0.4, 0.5) is 0 Å². The molecule has 1 aromatic carbocycles. The third-order valence-electron chi connectivity index (χ3n) is 1.58. The molecule has 0 radical (unpaired) electrons. The number of halogens is 1. The van der Waals surface area contributed by atoms with Crippen molar-refractivity contribution >= 4 is 22.6 Å². The fraction of sp³-hybridized carbons (Fsp3) is 0. The third kappa shape index (κ3) is 1.50. The van der Waals surface area contributed by atoms with Crippen LogP contribution < -0.4 is 0 Å². The topological polar surface area (TPSA) is 17.8 Å². The first-order valence-electron chi connectivity index (χ1n) is 3.63. The molecule has 0 aliphatic heterocycles. The lowest BCUT2D eigenvalue weighted by atomic mass is 10.3. The Hall–Kier alpha value is -0.840. The summed E-state index contributed by atoms with van der Waals surface area (Å²) in [7, 11) is 0. The SMILES string of the molecule is Ic1ccn(-c2ccccc2)n1. The van der Waals surface area contributed by atoms with Crippen LogP contribution in [-0.2, 0) is 0 Å². The molecule has 0 aliphatic rings. The Morgan fingerprint density at radius 1 is 1.08 bits per heavy atom. The van der Waals surface area contributed by atoms with Gasteiger partial charge in [0.2, 0.25) is 0 Å². The molecule has 0 spiro atoms. The number of nitrogens with zero attached hydrogens (tertiary/aromatic N) is 2. The van der Waals surface area contributed by atoms with E-state index >= 15 is 0 Å².